The van der Waals surface area contributed by atoms with Crippen molar-refractivity contribution in [3.8, 4) is 5.75 Å². The van der Waals surface area contributed by atoms with Gasteiger partial charge in [-0.05, 0) is 12.8 Å². The molecule has 1 spiro atoms. The molecule has 0 amide bonds. The fourth-order valence-electron chi connectivity index (χ4n) is 4.46. The summed E-state index contributed by atoms with van der Waals surface area (Å²) >= 11 is 0. The zero-order chi connectivity index (χ0) is 14.6. The first kappa shape index (κ1) is 13.0. The number of anilines is 2. The van der Waals surface area contributed by atoms with Gasteiger partial charge in [-0.2, -0.15) is 0 Å². The van der Waals surface area contributed by atoms with E-state index in [1.807, 2.05) is 0 Å². The van der Waals surface area contributed by atoms with Crippen LogP contribution < -0.4 is 19.9 Å². The Labute approximate surface area is 131 Å². The van der Waals surface area contributed by atoms with Crippen LogP contribution in [0.4, 0.5) is 11.5 Å². The molecule has 3 aliphatic heterocycles. The predicted octanol–water partition coefficient (Wildman–Crippen LogP) is 1.63. The predicted molar refractivity (Wildman–Crippen MR) is 86.8 cm³/mol. The second kappa shape index (κ2) is 4.75. The molecular weight excluding hydrogens is 276 g/mol. The third kappa shape index (κ3) is 1.91. The zero-order valence-electron chi connectivity index (χ0n) is 13.1. The summed E-state index contributed by atoms with van der Waals surface area (Å²) in [4.78, 5) is 9.69. The van der Waals surface area contributed by atoms with Crippen LogP contribution in [-0.2, 0) is 0 Å². The molecule has 2 saturated heterocycles. The second-order valence-corrected chi connectivity index (χ2v) is 7.41. The first-order valence-corrected chi connectivity index (χ1v) is 8.68. The lowest BCUT2D eigenvalue weighted by Crippen LogP contribution is -2.59. The molecule has 5 heteroatoms. The smallest absolute Gasteiger partial charge is 0.171 e. The third-order valence-electron chi connectivity index (χ3n) is 5.98. The van der Waals surface area contributed by atoms with Crippen molar-refractivity contribution in [1.29, 1.82) is 0 Å². The summed E-state index contributed by atoms with van der Waals surface area (Å²) in [6.45, 7) is 6.33. The summed E-state index contributed by atoms with van der Waals surface area (Å²) in [5, 5.41) is 3.48. The summed E-state index contributed by atoms with van der Waals surface area (Å²) in [6.07, 6.45) is 7.38. The molecule has 1 atom stereocenters. The Balaban J connectivity index is 1.40. The maximum atomic E-state index is 6.03. The fraction of sp³-hybridized carbons (Fsp3) is 0.706. The average molecular weight is 300 g/mol. The number of rotatable bonds is 1. The Kier molecular flexibility index (Phi) is 2.81. The van der Waals surface area contributed by atoms with Crippen molar-refractivity contribution in [3.63, 3.8) is 0 Å². The van der Waals surface area contributed by atoms with Gasteiger partial charge < -0.3 is 19.9 Å². The minimum Gasteiger partial charge on any atom is -0.490 e. The van der Waals surface area contributed by atoms with E-state index in [9.17, 15) is 0 Å². The molecule has 4 heterocycles. The van der Waals surface area contributed by atoms with E-state index in [1.165, 1.54) is 38.0 Å². The maximum Gasteiger partial charge on any atom is 0.171 e. The molecule has 1 N–H and O–H groups in total. The van der Waals surface area contributed by atoms with Crippen molar-refractivity contribution in [3.05, 3.63) is 12.3 Å². The molecule has 1 unspecified atom stereocenters. The van der Waals surface area contributed by atoms with E-state index in [1.54, 1.807) is 0 Å². The van der Waals surface area contributed by atoms with Crippen LogP contribution >= 0.6 is 0 Å². The molecule has 3 fully saturated rings. The molecule has 4 aliphatic rings. The van der Waals surface area contributed by atoms with Gasteiger partial charge in [0.15, 0.2) is 11.6 Å². The SMILES string of the molecule is c1nc2c(cc1N1CC3(CCC3)C1)OCCC1CNCCN21. The van der Waals surface area contributed by atoms with Crippen LogP contribution in [0.15, 0.2) is 12.3 Å². The summed E-state index contributed by atoms with van der Waals surface area (Å²) < 4.78 is 6.03. The molecule has 1 aliphatic carbocycles. The van der Waals surface area contributed by atoms with Gasteiger partial charge >= 0.3 is 0 Å². The number of pyridine rings is 1. The van der Waals surface area contributed by atoms with E-state index in [2.05, 4.69) is 27.4 Å². The quantitative estimate of drug-likeness (QED) is 0.854. The molecule has 5 nitrogen and oxygen atoms in total. The van der Waals surface area contributed by atoms with Crippen molar-refractivity contribution < 1.29 is 4.74 Å². The average Bonchev–Trinajstić information content (AvgIpc) is 2.63. The van der Waals surface area contributed by atoms with E-state index in [-0.39, 0.29) is 0 Å². The van der Waals surface area contributed by atoms with Gasteiger partial charge in [0.2, 0.25) is 0 Å². The second-order valence-electron chi connectivity index (χ2n) is 7.41. The fourth-order valence-corrected chi connectivity index (χ4v) is 4.46. The Morgan fingerprint density at radius 2 is 2.23 bits per heavy atom. The highest BCUT2D eigenvalue weighted by molar-refractivity contribution is 5.62. The van der Waals surface area contributed by atoms with Gasteiger partial charge in [-0.3, -0.25) is 0 Å². The summed E-state index contributed by atoms with van der Waals surface area (Å²) in [6, 6.07) is 2.74. The van der Waals surface area contributed by atoms with E-state index >= 15 is 0 Å². The van der Waals surface area contributed by atoms with E-state index < -0.39 is 0 Å². The highest BCUT2D eigenvalue weighted by atomic mass is 16.5. The van der Waals surface area contributed by atoms with E-state index in [0.29, 0.717) is 11.5 Å². The van der Waals surface area contributed by atoms with Gasteiger partial charge in [0, 0.05) is 56.7 Å². The standard InChI is InChI=1S/C17H24N4O/c1-3-17(4-1)11-20(12-17)14-8-15-16(19-10-14)21-6-5-18-9-13(21)2-7-22-15/h8,10,13,18H,1-7,9,11-12H2. The maximum absolute atomic E-state index is 6.03. The lowest BCUT2D eigenvalue weighted by atomic mass is 9.63. The van der Waals surface area contributed by atoms with Crippen LogP contribution in [-0.4, -0.2) is 50.4 Å². The molecular formula is C17H24N4O. The van der Waals surface area contributed by atoms with Crippen LogP contribution in [0.25, 0.3) is 0 Å². The molecule has 0 radical (unpaired) electrons. The highest BCUT2D eigenvalue weighted by Gasteiger charge is 2.47. The van der Waals surface area contributed by atoms with Gasteiger partial charge in [-0.25, -0.2) is 4.98 Å². The topological polar surface area (TPSA) is 40.6 Å². The van der Waals surface area contributed by atoms with Crippen molar-refractivity contribution >= 4 is 11.5 Å². The number of piperazine rings is 1. The molecule has 1 aromatic heterocycles. The first-order valence-electron chi connectivity index (χ1n) is 8.68. The molecule has 0 bridgehead atoms. The van der Waals surface area contributed by atoms with Crippen LogP contribution in [0.1, 0.15) is 25.7 Å². The van der Waals surface area contributed by atoms with E-state index in [0.717, 1.165) is 44.2 Å². The van der Waals surface area contributed by atoms with Gasteiger partial charge in [0.25, 0.3) is 0 Å². The van der Waals surface area contributed by atoms with Crippen LogP contribution in [0.5, 0.6) is 5.75 Å². The Morgan fingerprint density at radius 3 is 3.05 bits per heavy atom. The van der Waals surface area contributed by atoms with Crippen molar-refractivity contribution in [2.45, 2.75) is 31.7 Å². The number of ether oxygens (including phenoxy) is 1. The number of fused-ring (bicyclic) bond motifs is 3. The molecule has 0 aromatic carbocycles. The zero-order valence-corrected chi connectivity index (χ0v) is 13.1. The highest BCUT2D eigenvalue weighted by Crippen LogP contribution is 2.50. The Bertz CT molecular complexity index is 578. The van der Waals surface area contributed by atoms with Crippen LogP contribution in [0.3, 0.4) is 0 Å². The Morgan fingerprint density at radius 1 is 1.32 bits per heavy atom. The lowest BCUT2D eigenvalue weighted by Gasteiger charge is -2.56. The van der Waals surface area contributed by atoms with Gasteiger partial charge in [-0.1, -0.05) is 6.42 Å². The lowest BCUT2D eigenvalue weighted by molar-refractivity contribution is 0.0903. The normalized spacial score (nSPS) is 28.8. The van der Waals surface area contributed by atoms with Gasteiger partial charge in [-0.15, -0.1) is 0 Å². The minimum atomic E-state index is 0.524. The van der Waals surface area contributed by atoms with Crippen molar-refractivity contribution in [1.82, 2.24) is 10.3 Å². The number of nitrogens with one attached hydrogen (secondary N) is 1. The molecule has 22 heavy (non-hydrogen) atoms. The van der Waals surface area contributed by atoms with Crippen LogP contribution in [0.2, 0.25) is 0 Å². The molecule has 1 aromatic rings. The third-order valence-corrected chi connectivity index (χ3v) is 5.98. The van der Waals surface area contributed by atoms with Crippen molar-refractivity contribution in [2.75, 3.05) is 49.1 Å². The molecule has 1 saturated carbocycles. The summed E-state index contributed by atoms with van der Waals surface area (Å²) in [7, 11) is 0. The largest absolute Gasteiger partial charge is 0.490 e. The number of nitrogens with zero attached hydrogens (tertiary/aromatic N) is 3. The number of hydrogen-bond acceptors (Lipinski definition) is 5. The number of hydrogen-bond donors (Lipinski definition) is 1. The molecule has 118 valence electrons. The summed E-state index contributed by atoms with van der Waals surface area (Å²) in [5.74, 6) is 2.03. The van der Waals surface area contributed by atoms with Gasteiger partial charge in [0.05, 0.1) is 18.5 Å². The van der Waals surface area contributed by atoms with Gasteiger partial charge in [0.1, 0.15) is 0 Å². The molecule has 5 rings (SSSR count). The van der Waals surface area contributed by atoms with Crippen LogP contribution in [0, 0.1) is 5.41 Å². The summed E-state index contributed by atoms with van der Waals surface area (Å²) in [5.41, 5.74) is 1.89. The monoisotopic (exact) mass is 300 g/mol. The van der Waals surface area contributed by atoms with Crippen molar-refractivity contribution in [2.24, 2.45) is 5.41 Å². The van der Waals surface area contributed by atoms with E-state index in [4.69, 9.17) is 9.72 Å². The first-order chi connectivity index (χ1) is 10.8. The number of aromatic nitrogens is 1. The minimum absolute atomic E-state index is 0.524. The Hall–Kier alpha value is -1.49.